The molecule has 7 nitrogen and oxygen atoms in total. The molecule has 2 aliphatic heterocycles. The van der Waals surface area contributed by atoms with Crippen LogP contribution in [0.2, 0.25) is 0 Å². The Morgan fingerprint density at radius 1 is 1.15 bits per heavy atom. The minimum absolute atomic E-state index is 0.279. The maximum Gasteiger partial charge on any atom is 0.338 e. The highest BCUT2D eigenvalue weighted by atomic mass is 16.5. The molecule has 0 saturated carbocycles. The van der Waals surface area contributed by atoms with Crippen LogP contribution in [0.25, 0.3) is 0 Å². The molecule has 4 rings (SSSR count). The van der Waals surface area contributed by atoms with E-state index in [4.69, 9.17) is 9.47 Å². The lowest BCUT2D eigenvalue weighted by molar-refractivity contribution is 0.0535. The van der Waals surface area contributed by atoms with E-state index in [1.165, 1.54) is 5.56 Å². The highest BCUT2D eigenvalue weighted by Crippen LogP contribution is 2.30. The Morgan fingerprint density at radius 2 is 1.85 bits per heavy atom. The summed E-state index contributed by atoms with van der Waals surface area (Å²) in [7, 11) is 1.59. The van der Waals surface area contributed by atoms with E-state index in [1.807, 2.05) is 31.2 Å². The van der Waals surface area contributed by atoms with Gasteiger partial charge in [0, 0.05) is 44.8 Å². The third-order valence-electron chi connectivity index (χ3n) is 6.91. The average molecular weight is 450 g/mol. The van der Waals surface area contributed by atoms with Gasteiger partial charge < -0.3 is 19.5 Å². The van der Waals surface area contributed by atoms with Crippen LogP contribution < -0.4 is 4.74 Å². The normalized spacial score (nSPS) is 18.3. The van der Waals surface area contributed by atoms with Gasteiger partial charge in [-0.3, -0.25) is 4.90 Å². The van der Waals surface area contributed by atoms with Crippen molar-refractivity contribution >= 4 is 5.97 Å². The molecule has 0 aliphatic carbocycles. The quantitative estimate of drug-likeness (QED) is 0.651. The third-order valence-corrected chi connectivity index (χ3v) is 6.91. The van der Waals surface area contributed by atoms with E-state index < -0.39 is 6.10 Å². The van der Waals surface area contributed by atoms with Gasteiger partial charge in [0.2, 0.25) is 0 Å². The summed E-state index contributed by atoms with van der Waals surface area (Å²) in [6.07, 6.45) is -0.595. The van der Waals surface area contributed by atoms with Crippen LogP contribution in [0.1, 0.15) is 57.1 Å². The molecule has 2 aromatic rings. The number of carbonyl (C=O) groups is 1. The number of rotatable bonds is 7. The molecule has 0 spiro atoms. The molecule has 1 saturated heterocycles. The van der Waals surface area contributed by atoms with Gasteiger partial charge in [-0.1, -0.05) is 19.1 Å². The van der Waals surface area contributed by atoms with Crippen LogP contribution in [0.5, 0.6) is 5.75 Å². The SMILES string of the molecule is COc1cc(C(C)CN2CCN(CC(O)c3ccc4c(c3C)COC4=O)CC2)ccc1C#N. The monoisotopic (exact) mass is 449 g/mol. The lowest BCUT2D eigenvalue weighted by Gasteiger charge is -2.37. The standard InChI is InChI=1S/C26H31N3O4/c1-17(19-4-5-20(13-27)25(12-19)32-3)14-28-8-10-29(11-9-28)15-24(30)21-6-7-22-23(18(21)2)16-33-26(22)31/h4-7,12,17,24,30H,8-11,14-16H2,1-3H3. The molecule has 0 bridgehead atoms. The van der Waals surface area contributed by atoms with Crippen LogP contribution in [-0.4, -0.2) is 67.3 Å². The van der Waals surface area contributed by atoms with Crippen LogP contribution in [0.3, 0.4) is 0 Å². The predicted molar refractivity (Wildman–Crippen MR) is 124 cm³/mol. The minimum Gasteiger partial charge on any atom is -0.495 e. The van der Waals surface area contributed by atoms with E-state index in [-0.39, 0.29) is 5.97 Å². The van der Waals surface area contributed by atoms with E-state index >= 15 is 0 Å². The second kappa shape index (κ2) is 9.92. The number of ether oxygens (including phenoxy) is 2. The predicted octanol–water partition coefficient (Wildman–Crippen LogP) is 3.00. The summed E-state index contributed by atoms with van der Waals surface area (Å²) < 4.78 is 10.5. The Labute approximate surface area is 195 Å². The van der Waals surface area contributed by atoms with Crippen molar-refractivity contribution in [3.05, 3.63) is 63.7 Å². The van der Waals surface area contributed by atoms with Crippen molar-refractivity contribution in [2.45, 2.75) is 32.5 Å². The molecular formula is C26H31N3O4. The first kappa shape index (κ1) is 23.2. The summed E-state index contributed by atoms with van der Waals surface area (Å²) in [5.74, 6) is 0.667. The molecule has 2 atom stereocenters. The van der Waals surface area contributed by atoms with Gasteiger partial charge >= 0.3 is 5.97 Å². The zero-order valence-electron chi connectivity index (χ0n) is 19.5. The summed E-state index contributed by atoms with van der Waals surface area (Å²) in [5.41, 5.74) is 5.06. The van der Waals surface area contributed by atoms with Gasteiger partial charge in [0.1, 0.15) is 18.4 Å². The lowest BCUT2D eigenvalue weighted by Crippen LogP contribution is -2.48. The van der Waals surface area contributed by atoms with E-state index in [1.54, 1.807) is 13.2 Å². The van der Waals surface area contributed by atoms with Gasteiger partial charge in [-0.05, 0) is 47.7 Å². The summed E-state index contributed by atoms with van der Waals surface area (Å²) in [6.45, 7) is 9.62. The van der Waals surface area contributed by atoms with E-state index in [0.29, 0.717) is 35.9 Å². The molecular weight excluding hydrogens is 418 g/mol. The molecule has 1 N–H and O–H groups in total. The first-order valence-corrected chi connectivity index (χ1v) is 11.4. The van der Waals surface area contributed by atoms with Crippen molar-refractivity contribution in [2.24, 2.45) is 0 Å². The van der Waals surface area contributed by atoms with Crippen LogP contribution in [0, 0.1) is 18.3 Å². The molecule has 1 fully saturated rings. The smallest absolute Gasteiger partial charge is 0.338 e. The largest absolute Gasteiger partial charge is 0.495 e. The van der Waals surface area contributed by atoms with Crippen molar-refractivity contribution in [1.82, 2.24) is 9.80 Å². The van der Waals surface area contributed by atoms with Gasteiger partial charge in [-0.25, -0.2) is 4.79 Å². The number of methoxy groups -OCH3 is 1. The number of aliphatic hydroxyl groups excluding tert-OH is 1. The van der Waals surface area contributed by atoms with Crippen LogP contribution in [0.15, 0.2) is 30.3 Å². The number of β-amino-alcohol motifs (C(OH)–C–C–N with tert-alkyl or cyclic N) is 1. The lowest BCUT2D eigenvalue weighted by atomic mass is 9.95. The fourth-order valence-electron chi connectivity index (χ4n) is 4.83. The van der Waals surface area contributed by atoms with E-state index in [0.717, 1.165) is 49.4 Å². The van der Waals surface area contributed by atoms with Crippen molar-refractivity contribution in [2.75, 3.05) is 46.4 Å². The number of aliphatic hydroxyl groups is 1. The molecule has 2 heterocycles. The number of piperazine rings is 1. The number of fused-ring (bicyclic) bond motifs is 1. The van der Waals surface area contributed by atoms with Gasteiger partial charge in [0.05, 0.1) is 24.3 Å². The van der Waals surface area contributed by atoms with Crippen LogP contribution >= 0.6 is 0 Å². The summed E-state index contributed by atoms with van der Waals surface area (Å²) in [6, 6.07) is 11.6. The van der Waals surface area contributed by atoms with E-state index in [9.17, 15) is 15.2 Å². The Hall–Kier alpha value is -2.92. The second-order valence-electron chi connectivity index (χ2n) is 8.97. The molecule has 0 aromatic heterocycles. The topological polar surface area (TPSA) is 86.0 Å². The highest BCUT2D eigenvalue weighted by molar-refractivity contribution is 5.93. The van der Waals surface area contributed by atoms with Crippen molar-refractivity contribution < 1.29 is 19.4 Å². The Bertz CT molecular complexity index is 1070. The fourth-order valence-corrected chi connectivity index (χ4v) is 4.83. The van der Waals surface area contributed by atoms with Gasteiger partial charge in [-0.2, -0.15) is 5.26 Å². The van der Waals surface area contributed by atoms with Crippen molar-refractivity contribution in [1.29, 1.82) is 5.26 Å². The number of hydrogen-bond acceptors (Lipinski definition) is 7. The molecule has 174 valence electrons. The molecule has 2 unspecified atom stereocenters. The summed E-state index contributed by atoms with van der Waals surface area (Å²) >= 11 is 0. The highest BCUT2D eigenvalue weighted by Gasteiger charge is 2.27. The van der Waals surface area contributed by atoms with Crippen LogP contribution in [0.4, 0.5) is 0 Å². The Balaban J connectivity index is 1.31. The second-order valence-corrected chi connectivity index (χ2v) is 8.97. The molecule has 0 radical (unpaired) electrons. The summed E-state index contributed by atoms with van der Waals surface area (Å²) in [4.78, 5) is 16.5. The van der Waals surface area contributed by atoms with E-state index in [2.05, 4.69) is 22.8 Å². The molecule has 7 heteroatoms. The Morgan fingerprint density at radius 3 is 2.52 bits per heavy atom. The van der Waals surface area contributed by atoms with Gasteiger partial charge in [-0.15, -0.1) is 0 Å². The molecule has 2 aliphatic rings. The maximum absolute atomic E-state index is 11.8. The summed E-state index contributed by atoms with van der Waals surface area (Å²) in [5, 5.41) is 20.1. The number of esters is 1. The molecule has 0 amide bonds. The number of cyclic esters (lactones) is 1. The van der Waals surface area contributed by atoms with Gasteiger partial charge in [0.25, 0.3) is 0 Å². The number of nitriles is 1. The third kappa shape index (κ3) is 4.88. The van der Waals surface area contributed by atoms with Crippen molar-refractivity contribution in [3.8, 4) is 11.8 Å². The number of nitrogens with zero attached hydrogens (tertiary/aromatic N) is 3. The van der Waals surface area contributed by atoms with Crippen LogP contribution in [-0.2, 0) is 11.3 Å². The number of carbonyl (C=O) groups excluding carboxylic acids is 1. The van der Waals surface area contributed by atoms with Gasteiger partial charge in [0.15, 0.2) is 0 Å². The Kier molecular flexibility index (Phi) is 6.99. The molecule has 2 aromatic carbocycles. The number of benzene rings is 2. The van der Waals surface area contributed by atoms with Crippen molar-refractivity contribution in [3.63, 3.8) is 0 Å². The first-order chi connectivity index (χ1) is 15.9. The molecule has 33 heavy (non-hydrogen) atoms. The average Bonchev–Trinajstić information content (AvgIpc) is 3.21. The fraction of sp³-hybridized carbons (Fsp3) is 0.462. The maximum atomic E-state index is 11.8. The minimum atomic E-state index is -0.595. The number of hydrogen-bond donors (Lipinski definition) is 1. The zero-order chi connectivity index (χ0) is 23.5. The zero-order valence-corrected chi connectivity index (χ0v) is 19.5. The first-order valence-electron chi connectivity index (χ1n) is 11.4.